The molecule has 0 fully saturated rings. The average Bonchev–Trinajstić information content (AvgIpc) is 2.41. The Labute approximate surface area is 162 Å². The fourth-order valence-corrected chi connectivity index (χ4v) is 2.76. The Morgan fingerprint density at radius 2 is 1.81 bits per heavy atom. The summed E-state index contributed by atoms with van der Waals surface area (Å²) in [5.41, 5.74) is -0.897. The van der Waals surface area contributed by atoms with Gasteiger partial charge in [0.05, 0.1) is 11.6 Å². The van der Waals surface area contributed by atoms with Crippen LogP contribution in [0, 0.1) is 5.41 Å². The summed E-state index contributed by atoms with van der Waals surface area (Å²) in [7, 11) is 0. The lowest BCUT2D eigenvalue weighted by Crippen LogP contribution is -2.44. The molecule has 0 bridgehead atoms. The van der Waals surface area contributed by atoms with Crippen molar-refractivity contribution < 1.29 is 23.0 Å². The quantitative estimate of drug-likeness (QED) is 0.587. The number of halogens is 3. The standard InChI is InChI=1S/C19H28BrF2NO3/c1-18(2,3)10-13(23-17(24)26-19(4,5)6)11-25-15-8-7-12(20)9-14(15)16(21)22/h7-9,13,16H,10-11H2,1-6H3,(H,23,24)/t13-/m0/s1. The topological polar surface area (TPSA) is 47.6 Å². The minimum atomic E-state index is -2.65. The molecule has 7 heteroatoms. The Morgan fingerprint density at radius 3 is 2.31 bits per heavy atom. The molecule has 1 amide bonds. The molecule has 1 aromatic rings. The summed E-state index contributed by atoms with van der Waals surface area (Å²) in [5, 5.41) is 2.78. The van der Waals surface area contributed by atoms with Gasteiger partial charge in [-0.15, -0.1) is 0 Å². The summed E-state index contributed by atoms with van der Waals surface area (Å²) in [6.07, 6.45) is -2.60. The zero-order chi connectivity index (χ0) is 20.1. The van der Waals surface area contributed by atoms with E-state index >= 15 is 0 Å². The second-order valence-electron chi connectivity index (χ2n) is 8.40. The number of amides is 1. The van der Waals surface area contributed by atoms with Crippen molar-refractivity contribution in [2.75, 3.05) is 6.61 Å². The van der Waals surface area contributed by atoms with Crippen LogP contribution in [-0.4, -0.2) is 24.3 Å². The lowest BCUT2D eigenvalue weighted by Gasteiger charge is -2.28. The Balaban J connectivity index is 2.85. The molecule has 148 valence electrons. The highest BCUT2D eigenvalue weighted by molar-refractivity contribution is 9.10. The maximum absolute atomic E-state index is 13.2. The summed E-state index contributed by atoms with van der Waals surface area (Å²) >= 11 is 3.18. The van der Waals surface area contributed by atoms with Crippen LogP contribution in [0.2, 0.25) is 0 Å². The first-order valence-corrected chi connectivity index (χ1v) is 9.26. The molecule has 1 atom stereocenters. The highest BCUT2D eigenvalue weighted by atomic mass is 79.9. The highest BCUT2D eigenvalue weighted by Gasteiger charge is 2.25. The van der Waals surface area contributed by atoms with Gasteiger partial charge in [-0.05, 0) is 50.8 Å². The van der Waals surface area contributed by atoms with Crippen molar-refractivity contribution in [3.63, 3.8) is 0 Å². The molecule has 1 aromatic carbocycles. The number of benzene rings is 1. The van der Waals surface area contributed by atoms with Crippen LogP contribution in [-0.2, 0) is 4.74 Å². The van der Waals surface area contributed by atoms with E-state index in [1.54, 1.807) is 26.8 Å². The lowest BCUT2D eigenvalue weighted by atomic mass is 9.88. The summed E-state index contributed by atoms with van der Waals surface area (Å²) in [6, 6.07) is 4.09. The molecular formula is C19H28BrF2NO3. The molecule has 4 nitrogen and oxygen atoms in total. The second-order valence-corrected chi connectivity index (χ2v) is 9.32. The first-order chi connectivity index (χ1) is 11.8. The summed E-state index contributed by atoms with van der Waals surface area (Å²) in [4.78, 5) is 12.1. The van der Waals surface area contributed by atoms with E-state index in [4.69, 9.17) is 9.47 Å². The average molecular weight is 436 g/mol. The van der Waals surface area contributed by atoms with E-state index in [0.717, 1.165) is 0 Å². The van der Waals surface area contributed by atoms with Crippen LogP contribution in [0.5, 0.6) is 5.75 Å². The van der Waals surface area contributed by atoms with Crippen molar-refractivity contribution in [1.82, 2.24) is 5.32 Å². The van der Waals surface area contributed by atoms with Crippen LogP contribution in [0.15, 0.2) is 22.7 Å². The molecule has 0 unspecified atom stereocenters. The van der Waals surface area contributed by atoms with E-state index < -0.39 is 18.1 Å². The SMILES string of the molecule is CC(C)(C)C[C@@H](COc1ccc(Br)cc1C(F)F)NC(=O)OC(C)(C)C. The van der Waals surface area contributed by atoms with Gasteiger partial charge in [-0.2, -0.15) is 0 Å². The zero-order valence-electron chi connectivity index (χ0n) is 16.2. The van der Waals surface area contributed by atoms with Crippen molar-refractivity contribution in [2.24, 2.45) is 5.41 Å². The predicted molar refractivity (Wildman–Crippen MR) is 102 cm³/mol. The summed E-state index contributed by atoms with van der Waals surface area (Å²) < 4.78 is 37.9. The monoisotopic (exact) mass is 435 g/mol. The fourth-order valence-electron chi connectivity index (χ4n) is 2.38. The number of hydrogen-bond donors (Lipinski definition) is 1. The molecule has 1 rings (SSSR count). The van der Waals surface area contributed by atoms with Gasteiger partial charge in [0.2, 0.25) is 0 Å². The van der Waals surface area contributed by atoms with Gasteiger partial charge >= 0.3 is 6.09 Å². The van der Waals surface area contributed by atoms with Crippen molar-refractivity contribution >= 4 is 22.0 Å². The van der Waals surface area contributed by atoms with Gasteiger partial charge in [0.25, 0.3) is 6.43 Å². The molecule has 0 spiro atoms. The Morgan fingerprint density at radius 1 is 1.19 bits per heavy atom. The van der Waals surface area contributed by atoms with E-state index in [0.29, 0.717) is 10.9 Å². The maximum Gasteiger partial charge on any atom is 0.407 e. The number of ether oxygens (including phenoxy) is 2. The van der Waals surface area contributed by atoms with Crippen LogP contribution in [0.4, 0.5) is 13.6 Å². The predicted octanol–water partition coefficient (Wildman–Crippen LogP) is 6.10. The van der Waals surface area contributed by atoms with Crippen molar-refractivity contribution in [3.05, 3.63) is 28.2 Å². The molecular weight excluding hydrogens is 408 g/mol. The third kappa shape index (κ3) is 8.83. The number of carbonyl (C=O) groups excluding carboxylic acids is 1. The van der Waals surface area contributed by atoms with E-state index in [-0.39, 0.29) is 29.4 Å². The van der Waals surface area contributed by atoms with Crippen molar-refractivity contribution in [2.45, 2.75) is 66.0 Å². The normalized spacial score (nSPS) is 13.5. The smallest absolute Gasteiger partial charge is 0.407 e. The molecule has 0 saturated carbocycles. The third-order valence-corrected chi connectivity index (χ3v) is 3.72. The lowest BCUT2D eigenvalue weighted by molar-refractivity contribution is 0.0469. The largest absolute Gasteiger partial charge is 0.491 e. The van der Waals surface area contributed by atoms with Crippen LogP contribution in [0.25, 0.3) is 0 Å². The maximum atomic E-state index is 13.2. The van der Waals surface area contributed by atoms with E-state index in [1.165, 1.54) is 12.1 Å². The molecule has 0 saturated heterocycles. The van der Waals surface area contributed by atoms with Crippen molar-refractivity contribution in [1.29, 1.82) is 0 Å². The second kappa shape index (κ2) is 9.02. The number of alkyl halides is 2. The van der Waals surface area contributed by atoms with Crippen LogP contribution >= 0.6 is 15.9 Å². The third-order valence-electron chi connectivity index (χ3n) is 3.23. The number of rotatable bonds is 6. The highest BCUT2D eigenvalue weighted by Crippen LogP contribution is 2.32. The van der Waals surface area contributed by atoms with E-state index in [1.807, 2.05) is 20.8 Å². The van der Waals surface area contributed by atoms with E-state index in [2.05, 4.69) is 21.2 Å². The molecule has 0 radical (unpaired) electrons. The van der Waals surface area contributed by atoms with Gasteiger partial charge in [0.15, 0.2) is 0 Å². The van der Waals surface area contributed by atoms with E-state index in [9.17, 15) is 13.6 Å². The first kappa shape index (κ1) is 22.7. The van der Waals surface area contributed by atoms with Crippen LogP contribution < -0.4 is 10.1 Å². The molecule has 0 aliphatic rings. The number of alkyl carbamates (subject to hydrolysis) is 1. The number of carbonyl (C=O) groups is 1. The van der Waals surface area contributed by atoms with Crippen LogP contribution in [0.3, 0.4) is 0 Å². The zero-order valence-corrected chi connectivity index (χ0v) is 17.7. The summed E-state index contributed by atoms with van der Waals surface area (Å²) in [6.45, 7) is 11.5. The molecule has 26 heavy (non-hydrogen) atoms. The first-order valence-electron chi connectivity index (χ1n) is 8.47. The Hall–Kier alpha value is -1.37. The van der Waals surface area contributed by atoms with Gasteiger partial charge in [-0.3, -0.25) is 0 Å². The van der Waals surface area contributed by atoms with Gasteiger partial charge in [0, 0.05) is 4.47 Å². The molecule has 0 aliphatic carbocycles. The van der Waals surface area contributed by atoms with Crippen LogP contribution in [0.1, 0.15) is 60.0 Å². The van der Waals surface area contributed by atoms with Gasteiger partial charge in [0.1, 0.15) is 18.0 Å². The number of nitrogens with one attached hydrogen (secondary N) is 1. The molecule has 0 aliphatic heterocycles. The van der Waals surface area contributed by atoms with Gasteiger partial charge in [-0.1, -0.05) is 36.7 Å². The number of hydrogen-bond acceptors (Lipinski definition) is 3. The minimum absolute atomic E-state index is 0.0673. The van der Waals surface area contributed by atoms with Gasteiger partial charge < -0.3 is 14.8 Å². The molecule has 0 heterocycles. The van der Waals surface area contributed by atoms with Gasteiger partial charge in [-0.25, -0.2) is 13.6 Å². The molecule has 1 N–H and O–H groups in total. The Bertz CT molecular complexity index is 610. The van der Waals surface area contributed by atoms with Crippen molar-refractivity contribution in [3.8, 4) is 5.75 Å². The molecule has 0 aromatic heterocycles. The fraction of sp³-hybridized carbons (Fsp3) is 0.632. The Kier molecular flexibility index (Phi) is 7.86. The summed E-state index contributed by atoms with van der Waals surface area (Å²) in [5.74, 6) is 0.105. The minimum Gasteiger partial charge on any atom is -0.491 e.